The van der Waals surface area contributed by atoms with Crippen LogP contribution >= 0.6 is 0 Å². The fourth-order valence-corrected chi connectivity index (χ4v) is 4.17. The number of hydrogen-bond acceptors (Lipinski definition) is 3. The van der Waals surface area contributed by atoms with Gasteiger partial charge >= 0.3 is 0 Å². The summed E-state index contributed by atoms with van der Waals surface area (Å²) in [5, 5.41) is 0. The summed E-state index contributed by atoms with van der Waals surface area (Å²) in [4.78, 5) is 17.5. The third-order valence-electron chi connectivity index (χ3n) is 6.05. The van der Waals surface area contributed by atoms with Crippen LogP contribution in [0.5, 0.6) is 11.5 Å². The first-order valence-corrected chi connectivity index (χ1v) is 11.2. The molecule has 2 aromatic carbocycles. The number of hydrogen-bond donors (Lipinski definition) is 2. The standard InChI is InChI=1S/C25H31N3O3/c1-26(18-22-20-30-23-11-5-6-12-24(23)31-22)25(29)19-28-16-14-27(15-17-28)13-7-10-21-8-3-2-4-9-21/h2-12,22H,13-20H2,1H3/p+2/b10-7+/t22-/m1/s1. The quantitative estimate of drug-likeness (QED) is 0.648. The van der Waals surface area contributed by atoms with Gasteiger partial charge in [0.25, 0.3) is 5.91 Å². The second kappa shape index (κ2) is 10.5. The summed E-state index contributed by atoms with van der Waals surface area (Å²) in [7, 11) is 1.86. The Hall–Kier alpha value is -2.83. The fraction of sp³-hybridized carbons (Fsp3) is 0.400. The third kappa shape index (κ3) is 6.09. The van der Waals surface area contributed by atoms with Crippen molar-refractivity contribution in [3.63, 3.8) is 0 Å². The monoisotopic (exact) mass is 423 g/mol. The molecule has 164 valence electrons. The molecule has 0 saturated carbocycles. The fourth-order valence-electron chi connectivity index (χ4n) is 4.17. The molecule has 31 heavy (non-hydrogen) atoms. The first-order valence-electron chi connectivity index (χ1n) is 11.2. The van der Waals surface area contributed by atoms with Crippen molar-refractivity contribution in [2.24, 2.45) is 0 Å². The van der Waals surface area contributed by atoms with Gasteiger partial charge in [-0.25, -0.2) is 0 Å². The number of likely N-dealkylation sites (N-methyl/N-ethyl adjacent to an activating group) is 1. The Bertz CT molecular complexity index is 879. The van der Waals surface area contributed by atoms with E-state index >= 15 is 0 Å². The summed E-state index contributed by atoms with van der Waals surface area (Å²) in [6, 6.07) is 18.1. The highest BCUT2D eigenvalue weighted by atomic mass is 16.6. The molecule has 1 amide bonds. The number of piperazine rings is 1. The normalized spacial score (nSPS) is 22.9. The summed E-state index contributed by atoms with van der Waals surface area (Å²) in [5.41, 5.74) is 1.25. The van der Waals surface area contributed by atoms with Crippen LogP contribution in [0.1, 0.15) is 5.56 Å². The van der Waals surface area contributed by atoms with Crippen LogP contribution in [-0.4, -0.2) is 76.4 Å². The molecule has 0 unspecified atom stereocenters. The van der Waals surface area contributed by atoms with Crippen molar-refractivity contribution in [2.75, 3.05) is 59.5 Å². The highest BCUT2D eigenvalue weighted by Gasteiger charge is 2.28. The molecule has 0 spiro atoms. The van der Waals surface area contributed by atoms with Crippen LogP contribution in [0.4, 0.5) is 0 Å². The number of carbonyl (C=O) groups is 1. The molecule has 2 aliphatic rings. The first kappa shape index (κ1) is 21.4. The van der Waals surface area contributed by atoms with E-state index in [1.165, 1.54) is 10.5 Å². The molecule has 1 saturated heterocycles. The largest absolute Gasteiger partial charge is 0.486 e. The Morgan fingerprint density at radius 1 is 1.00 bits per heavy atom. The lowest BCUT2D eigenvalue weighted by atomic mass is 10.2. The molecule has 1 fully saturated rings. The van der Waals surface area contributed by atoms with Crippen molar-refractivity contribution in [3.05, 3.63) is 66.2 Å². The van der Waals surface area contributed by atoms with E-state index in [2.05, 4.69) is 36.4 Å². The van der Waals surface area contributed by atoms with Gasteiger partial charge in [-0.05, 0) is 23.8 Å². The van der Waals surface area contributed by atoms with Crippen LogP contribution in [0.25, 0.3) is 6.08 Å². The second-order valence-corrected chi connectivity index (χ2v) is 8.47. The van der Waals surface area contributed by atoms with Crippen molar-refractivity contribution >= 4 is 12.0 Å². The van der Waals surface area contributed by atoms with Crippen LogP contribution in [0, 0.1) is 0 Å². The molecule has 2 aromatic rings. The van der Waals surface area contributed by atoms with Gasteiger partial charge in [0.2, 0.25) is 0 Å². The number of amides is 1. The predicted octanol–water partition coefficient (Wildman–Crippen LogP) is -0.218. The maximum Gasteiger partial charge on any atom is 0.277 e. The van der Waals surface area contributed by atoms with E-state index in [0.29, 0.717) is 19.7 Å². The third-order valence-corrected chi connectivity index (χ3v) is 6.05. The molecule has 0 aromatic heterocycles. The molecule has 0 radical (unpaired) electrons. The number of nitrogens with zero attached hydrogens (tertiary/aromatic N) is 1. The molecular weight excluding hydrogens is 390 g/mol. The molecule has 6 nitrogen and oxygen atoms in total. The van der Waals surface area contributed by atoms with Crippen LogP contribution in [-0.2, 0) is 4.79 Å². The van der Waals surface area contributed by atoms with Crippen molar-refractivity contribution < 1.29 is 24.1 Å². The Kier molecular flexibility index (Phi) is 7.22. The number of benzene rings is 2. The zero-order chi connectivity index (χ0) is 21.5. The van der Waals surface area contributed by atoms with E-state index in [9.17, 15) is 4.79 Å². The van der Waals surface area contributed by atoms with Gasteiger partial charge in [-0.1, -0.05) is 48.5 Å². The van der Waals surface area contributed by atoms with Crippen LogP contribution in [0.3, 0.4) is 0 Å². The van der Waals surface area contributed by atoms with E-state index in [-0.39, 0.29) is 12.0 Å². The Morgan fingerprint density at radius 3 is 2.45 bits per heavy atom. The molecule has 2 aliphatic heterocycles. The van der Waals surface area contributed by atoms with E-state index in [1.54, 1.807) is 9.80 Å². The number of nitrogens with one attached hydrogen (secondary N) is 2. The molecular formula is C25H33N3O3+2. The minimum atomic E-state index is -0.128. The van der Waals surface area contributed by atoms with Crippen LogP contribution < -0.4 is 19.3 Å². The molecule has 2 N–H and O–H groups in total. The number of quaternary nitrogens is 2. The molecule has 4 rings (SSSR count). The van der Waals surface area contributed by atoms with Gasteiger partial charge < -0.3 is 24.2 Å². The summed E-state index contributed by atoms with van der Waals surface area (Å²) >= 11 is 0. The van der Waals surface area contributed by atoms with Crippen LogP contribution in [0.2, 0.25) is 0 Å². The number of para-hydroxylation sites is 2. The molecule has 0 bridgehead atoms. The first-order chi connectivity index (χ1) is 15.2. The maximum atomic E-state index is 12.7. The lowest BCUT2D eigenvalue weighted by Crippen LogP contribution is -3.28. The molecule has 6 heteroatoms. The van der Waals surface area contributed by atoms with Gasteiger partial charge in [-0.2, -0.15) is 0 Å². The summed E-state index contributed by atoms with van der Waals surface area (Å²) in [5.74, 6) is 1.70. The lowest BCUT2D eigenvalue weighted by Gasteiger charge is -2.31. The number of ether oxygens (including phenoxy) is 2. The smallest absolute Gasteiger partial charge is 0.277 e. The SMILES string of the molecule is CN(C[C@@H]1COc2ccccc2O1)C(=O)C[NH+]1CC[NH+](C/C=C/c2ccccc2)CC1. The van der Waals surface area contributed by atoms with Gasteiger partial charge in [0.15, 0.2) is 24.1 Å². The van der Waals surface area contributed by atoms with Crippen molar-refractivity contribution in [3.8, 4) is 11.5 Å². The zero-order valence-corrected chi connectivity index (χ0v) is 18.3. The lowest BCUT2D eigenvalue weighted by molar-refractivity contribution is -1.01. The minimum Gasteiger partial charge on any atom is -0.486 e. The highest BCUT2D eigenvalue weighted by Crippen LogP contribution is 2.30. The van der Waals surface area contributed by atoms with E-state index in [1.807, 2.05) is 37.4 Å². The summed E-state index contributed by atoms with van der Waals surface area (Å²) < 4.78 is 11.8. The molecule has 0 aliphatic carbocycles. The summed E-state index contributed by atoms with van der Waals surface area (Å²) in [6.45, 7) is 6.87. The van der Waals surface area contributed by atoms with Crippen molar-refractivity contribution in [1.82, 2.24) is 4.90 Å². The topological polar surface area (TPSA) is 47.6 Å². The second-order valence-electron chi connectivity index (χ2n) is 8.47. The average Bonchev–Trinajstić information content (AvgIpc) is 2.81. The van der Waals surface area contributed by atoms with Gasteiger partial charge in [0.05, 0.1) is 13.1 Å². The van der Waals surface area contributed by atoms with Gasteiger partial charge in [-0.3, -0.25) is 4.79 Å². The molecule has 2 heterocycles. The zero-order valence-electron chi connectivity index (χ0n) is 18.3. The maximum absolute atomic E-state index is 12.7. The van der Waals surface area contributed by atoms with E-state index < -0.39 is 0 Å². The van der Waals surface area contributed by atoms with Crippen molar-refractivity contribution in [2.45, 2.75) is 6.10 Å². The predicted molar refractivity (Wildman–Crippen MR) is 121 cm³/mol. The van der Waals surface area contributed by atoms with E-state index in [4.69, 9.17) is 9.47 Å². The minimum absolute atomic E-state index is 0.128. The Labute approximate surface area is 184 Å². The van der Waals surface area contributed by atoms with Crippen molar-refractivity contribution in [1.29, 1.82) is 0 Å². The van der Waals surface area contributed by atoms with Gasteiger partial charge in [0.1, 0.15) is 32.8 Å². The summed E-state index contributed by atoms with van der Waals surface area (Å²) in [6.07, 6.45) is 4.33. The highest BCUT2D eigenvalue weighted by molar-refractivity contribution is 5.76. The number of rotatable bonds is 7. The Morgan fingerprint density at radius 2 is 1.68 bits per heavy atom. The van der Waals surface area contributed by atoms with Gasteiger partial charge in [-0.15, -0.1) is 0 Å². The Balaban J connectivity index is 1.16. The number of carbonyl (C=O) groups excluding carboxylic acids is 1. The van der Waals surface area contributed by atoms with Crippen LogP contribution in [0.15, 0.2) is 60.7 Å². The number of fused-ring (bicyclic) bond motifs is 1. The van der Waals surface area contributed by atoms with Gasteiger partial charge in [0, 0.05) is 7.05 Å². The molecule has 1 atom stereocenters. The van der Waals surface area contributed by atoms with E-state index in [0.717, 1.165) is 44.2 Å². The average molecular weight is 424 g/mol.